The lowest BCUT2D eigenvalue weighted by molar-refractivity contribution is 0.415. The molecule has 2 aromatic carbocycles. The fourth-order valence-corrected chi connectivity index (χ4v) is 1.56. The van der Waals surface area contributed by atoms with E-state index in [1.165, 1.54) is 0 Å². The second-order valence-electron chi connectivity index (χ2n) is 3.83. The number of ether oxygens (including phenoxy) is 2. The van der Waals surface area contributed by atoms with E-state index in [4.69, 9.17) is 9.47 Å². The largest absolute Gasteiger partial charge is 0.497 e. The molecule has 0 fully saturated rings. The van der Waals surface area contributed by atoms with Gasteiger partial charge in [0.15, 0.2) is 0 Å². The molecule has 2 aromatic rings. The van der Waals surface area contributed by atoms with Crippen LogP contribution in [0.1, 0.15) is 0 Å². The molecule has 0 aliphatic carbocycles. The van der Waals surface area contributed by atoms with Gasteiger partial charge in [-0.15, -0.1) is 0 Å². The maximum atomic E-state index is 5.15. The van der Waals surface area contributed by atoms with Crippen molar-refractivity contribution in [3.05, 3.63) is 48.5 Å². The van der Waals surface area contributed by atoms with Gasteiger partial charge in [0.1, 0.15) is 11.5 Å². The number of anilines is 1. The molecule has 0 radical (unpaired) electrons. The Balaban J connectivity index is 1.98. The van der Waals surface area contributed by atoms with Gasteiger partial charge in [0.05, 0.1) is 26.2 Å². The van der Waals surface area contributed by atoms with Crippen molar-refractivity contribution in [3.63, 3.8) is 0 Å². The molecule has 1 N–H and O–H groups in total. The van der Waals surface area contributed by atoms with E-state index in [-0.39, 0.29) is 0 Å². The van der Waals surface area contributed by atoms with Crippen LogP contribution in [0.4, 0.5) is 11.4 Å². The molecule has 0 aliphatic heterocycles. The van der Waals surface area contributed by atoms with Gasteiger partial charge >= 0.3 is 0 Å². The minimum Gasteiger partial charge on any atom is -0.497 e. The molecule has 4 heteroatoms. The van der Waals surface area contributed by atoms with E-state index in [2.05, 4.69) is 10.3 Å². The second kappa shape index (κ2) is 6.44. The third-order valence-corrected chi connectivity index (χ3v) is 2.59. The minimum atomic E-state index is 0.808. The van der Waals surface area contributed by atoms with Gasteiger partial charge in [-0.25, -0.2) is 4.99 Å². The number of methoxy groups -OCH3 is 2. The zero-order valence-corrected chi connectivity index (χ0v) is 11.0. The molecule has 19 heavy (non-hydrogen) atoms. The predicted octanol–water partition coefficient (Wildman–Crippen LogP) is 3.48. The number of hydrogen-bond donors (Lipinski definition) is 1. The fourth-order valence-electron chi connectivity index (χ4n) is 1.56. The van der Waals surface area contributed by atoms with Crippen LogP contribution in [0, 0.1) is 0 Å². The highest BCUT2D eigenvalue weighted by Gasteiger charge is 1.93. The average molecular weight is 256 g/mol. The summed E-state index contributed by atoms with van der Waals surface area (Å²) in [5, 5.41) is 3.09. The summed E-state index contributed by atoms with van der Waals surface area (Å²) in [5.74, 6) is 1.63. The first-order chi connectivity index (χ1) is 9.31. The SMILES string of the molecule is COc1ccc(N=CNc2cccc(OC)c2)cc1. The topological polar surface area (TPSA) is 42.8 Å². The Bertz CT molecular complexity index is 550. The number of nitrogens with zero attached hydrogens (tertiary/aromatic N) is 1. The predicted molar refractivity (Wildman–Crippen MR) is 77.8 cm³/mol. The number of nitrogens with one attached hydrogen (secondary N) is 1. The quantitative estimate of drug-likeness (QED) is 0.658. The molecule has 0 aliphatic rings. The van der Waals surface area contributed by atoms with Gasteiger partial charge in [-0.1, -0.05) is 6.07 Å². The average Bonchev–Trinajstić information content (AvgIpc) is 2.48. The molecule has 0 atom stereocenters. The van der Waals surface area contributed by atoms with Crippen molar-refractivity contribution >= 4 is 17.7 Å². The van der Waals surface area contributed by atoms with Gasteiger partial charge in [0, 0.05) is 11.8 Å². The summed E-state index contributed by atoms with van der Waals surface area (Å²) >= 11 is 0. The van der Waals surface area contributed by atoms with Gasteiger partial charge in [-0.05, 0) is 36.4 Å². The van der Waals surface area contributed by atoms with Gasteiger partial charge in [-0.2, -0.15) is 0 Å². The number of aliphatic imine (C=N–C) groups is 1. The zero-order valence-electron chi connectivity index (χ0n) is 11.0. The van der Waals surface area contributed by atoms with Crippen molar-refractivity contribution < 1.29 is 9.47 Å². The molecule has 98 valence electrons. The summed E-state index contributed by atoms with van der Waals surface area (Å²) in [6.07, 6.45) is 1.65. The molecule has 0 heterocycles. The van der Waals surface area contributed by atoms with Crippen molar-refractivity contribution in [3.8, 4) is 11.5 Å². The molecule has 0 bridgehead atoms. The van der Waals surface area contributed by atoms with Gasteiger partial charge in [0.25, 0.3) is 0 Å². The lowest BCUT2D eigenvalue weighted by Crippen LogP contribution is -1.94. The number of benzene rings is 2. The smallest absolute Gasteiger partial charge is 0.120 e. The minimum absolute atomic E-state index is 0.808. The van der Waals surface area contributed by atoms with Crippen molar-refractivity contribution in [2.75, 3.05) is 19.5 Å². The van der Waals surface area contributed by atoms with Crippen LogP contribution in [-0.2, 0) is 0 Å². The molecule has 0 spiro atoms. The third kappa shape index (κ3) is 3.74. The second-order valence-corrected chi connectivity index (χ2v) is 3.83. The van der Waals surface area contributed by atoms with Crippen LogP contribution in [0.2, 0.25) is 0 Å². The lowest BCUT2D eigenvalue weighted by Gasteiger charge is -2.03. The highest BCUT2D eigenvalue weighted by Crippen LogP contribution is 2.18. The summed E-state index contributed by atoms with van der Waals surface area (Å²) in [4.78, 5) is 4.30. The Morgan fingerprint density at radius 3 is 2.37 bits per heavy atom. The van der Waals surface area contributed by atoms with Crippen LogP contribution in [0.5, 0.6) is 11.5 Å². The Morgan fingerprint density at radius 1 is 0.947 bits per heavy atom. The van der Waals surface area contributed by atoms with E-state index in [1.54, 1.807) is 20.6 Å². The van der Waals surface area contributed by atoms with E-state index < -0.39 is 0 Å². The first-order valence-corrected chi connectivity index (χ1v) is 5.89. The standard InChI is InChI=1S/C15H16N2O2/c1-18-14-8-6-12(7-9-14)16-11-17-13-4-3-5-15(10-13)19-2/h3-11H,1-2H3,(H,16,17). The Labute approximate surface area is 112 Å². The highest BCUT2D eigenvalue weighted by molar-refractivity contribution is 5.78. The van der Waals surface area contributed by atoms with Crippen LogP contribution in [0.15, 0.2) is 53.5 Å². The van der Waals surface area contributed by atoms with Gasteiger partial charge < -0.3 is 14.8 Å². The Kier molecular flexibility index (Phi) is 4.39. The molecule has 0 unspecified atom stereocenters. The first kappa shape index (κ1) is 13.0. The molecule has 2 rings (SSSR count). The monoisotopic (exact) mass is 256 g/mol. The molecular weight excluding hydrogens is 240 g/mol. The molecule has 0 saturated heterocycles. The van der Waals surface area contributed by atoms with Crippen molar-refractivity contribution in [2.24, 2.45) is 4.99 Å². The van der Waals surface area contributed by atoms with Crippen molar-refractivity contribution in [1.29, 1.82) is 0 Å². The van der Waals surface area contributed by atoms with E-state index in [9.17, 15) is 0 Å². The van der Waals surface area contributed by atoms with Gasteiger partial charge in [-0.3, -0.25) is 0 Å². The maximum Gasteiger partial charge on any atom is 0.120 e. The van der Waals surface area contributed by atoms with Gasteiger partial charge in [0.2, 0.25) is 0 Å². The Morgan fingerprint density at radius 2 is 1.68 bits per heavy atom. The lowest BCUT2D eigenvalue weighted by atomic mass is 10.3. The highest BCUT2D eigenvalue weighted by atomic mass is 16.5. The summed E-state index contributed by atoms with van der Waals surface area (Å²) in [6.45, 7) is 0. The maximum absolute atomic E-state index is 5.15. The fraction of sp³-hybridized carbons (Fsp3) is 0.133. The van der Waals surface area contributed by atoms with Crippen LogP contribution >= 0.6 is 0 Å². The molecular formula is C15H16N2O2. The number of hydrogen-bond acceptors (Lipinski definition) is 3. The van der Waals surface area contributed by atoms with Crippen LogP contribution < -0.4 is 14.8 Å². The third-order valence-electron chi connectivity index (χ3n) is 2.59. The van der Waals surface area contributed by atoms with E-state index in [1.807, 2.05) is 48.5 Å². The summed E-state index contributed by atoms with van der Waals surface area (Å²) in [6, 6.07) is 15.2. The number of rotatable bonds is 5. The molecule has 0 amide bonds. The van der Waals surface area contributed by atoms with Crippen LogP contribution in [0.25, 0.3) is 0 Å². The van der Waals surface area contributed by atoms with E-state index in [0.29, 0.717) is 0 Å². The molecule has 4 nitrogen and oxygen atoms in total. The van der Waals surface area contributed by atoms with Crippen molar-refractivity contribution in [1.82, 2.24) is 0 Å². The first-order valence-electron chi connectivity index (χ1n) is 5.89. The molecule has 0 aromatic heterocycles. The summed E-state index contributed by atoms with van der Waals surface area (Å²) in [5.41, 5.74) is 1.79. The van der Waals surface area contributed by atoms with Crippen molar-refractivity contribution in [2.45, 2.75) is 0 Å². The Hall–Kier alpha value is -2.49. The molecule has 0 saturated carbocycles. The van der Waals surface area contributed by atoms with Crippen LogP contribution in [0.3, 0.4) is 0 Å². The summed E-state index contributed by atoms with van der Waals surface area (Å²) in [7, 11) is 3.28. The van der Waals surface area contributed by atoms with E-state index >= 15 is 0 Å². The normalized spacial score (nSPS) is 10.4. The van der Waals surface area contributed by atoms with E-state index in [0.717, 1.165) is 22.9 Å². The summed E-state index contributed by atoms with van der Waals surface area (Å²) < 4.78 is 10.2. The zero-order chi connectivity index (χ0) is 13.5. The van der Waals surface area contributed by atoms with Crippen LogP contribution in [-0.4, -0.2) is 20.6 Å².